The number of hydrogen-bond donors (Lipinski definition) is 2. The summed E-state index contributed by atoms with van der Waals surface area (Å²) in [6.07, 6.45) is 0.157. The number of nitrogens with one attached hydrogen (secondary N) is 2. The van der Waals surface area contributed by atoms with E-state index in [1.807, 2.05) is 31.2 Å². The minimum absolute atomic E-state index is 0.0713. The van der Waals surface area contributed by atoms with Crippen LogP contribution in [0.2, 0.25) is 10.0 Å². The lowest BCUT2D eigenvalue weighted by atomic mass is 10.1. The minimum atomic E-state index is -0.454. The van der Waals surface area contributed by atoms with Crippen LogP contribution in [0.25, 0.3) is 0 Å². The minimum Gasteiger partial charge on any atom is -0.493 e. The quantitative estimate of drug-likeness (QED) is 0.395. The number of benzene rings is 3. The first-order valence-corrected chi connectivity index (χ1v) is 11.8. The van der Waals surface area contributed by atoms with Gasteiger partial charge in [0.25, 0.3) is 0 Å². The number of carbonyl (C=O) groups excluding carboxylic acids is 2. The van der Waals surface area contributed by atoms with E-state index in [2.05, 4.69) is 10.9 Å². The number of carbonyl (C=O) groups is 2. The molecular weight excluding hydrogens is 489 g/mol. The number of halogens is 2. The molecule has 1 aliphatic rings. The Bertz CT molecular complexity index is 1230. The third-order valence-electron chi connectivity index (χ3n) is 5.73. The second kappa shape index (κ2) is 10.9. The number of hydrogen-bond acceptors (Lipinski definition) is 5. The second-order valence-corrected chi connectivity index (χ2v) is 9.09. The van der Waals surface area contributed by atoms with Crippen molar-refractivity contribution in [1.82, 2.24) is 5.43 Å². The molecule has 1 aliphatic heterocycles. The van der Waals surface area contributed by atoms with Gasteiger partial charge >= 0.3 is 0 Å². The smallest absolute Gasteiger partial charge is 0.243 e. The number of methoxy groups -OCH3 is 1. The highest BCUT2D eigenvalue weighted by Gasteiger charge is 2.35. The molecule has 0 bridgehead atoms. The molecule has 3 aromatic rings. The van der Waals surface area contributed by atoms with Gasteiger partial charge in [-0.2, -0.15) is 0 Å². The molecule has 2 N–H and O–H groups in total. The Hall–Kier alpha value is -3.42. The van der Waals surface area contributed by atoms with E-state index in [4.69, 9.17) is 32.7 Å². The summed E-state index contributed by atoms with van der Waals surface area (Å²) in [6, 6.07) is 18.1. The lowest BCUT2D eigenvalue weighted by Crippen LogP contribution is -2.36. The molecule has 4 rings (SSSR count). The van der Waals surface area contributed by atoms with Crippen LogP contribution in [0.5, 0.6) is 11.5 Å². The van der Waals surface area contributed by atoms with Gasteiger partial charge in [-0.3, -0.25) is 20.4 Å². The van der Waals surface area contributed by atoms with Gasteiger partial charge in [0.05, 0.1) is 18.7 Å². The number of ether oxygens (including phenoxy) is 2. The maximum Gasteiger partial charge on any atom is 0.243 e. The highest BCUT2D eigenvalue weighted by atomic mass is 35.5. The van der Waals surface area contributed by atoms with Gasteiger partial charge in [-0.1, -0.05) is 47.0 Å². The Morgan fingerprint density at radius 2 is 1.83 bits per heavy atom. The Morgan fingerprint density at radius 1 is 1.06 bits per heavy atom. The molecule has 0 radical (unpaired) electrons. The Morgan fingerprint density at radius 3 is 2.54 bits per heavy atom. The van der Waals surface area contributed by atoms with Gasteiger partial charge in [0.1, 0.15) is 6.61 Å². The van der Waals surface area contributed by atoms with Gasteiger partial charge < -0.3 is 14.4 Å². The molecule has 0 unspecified atom stereocenters. The van der Waals surface area contributed by atoms with Gasteiger partial charge in [-0.25, -0.2) is 0 Å². The largest absolute Gasteiger partial charge is 0.493 e. The number of amides is 2. The standard InChI is InChI=1S/C26H25Cl2N3O4/c1-16-3-8-21(9-4-16)31-14-18(11-25(31)32)26(33)30-29-20-7-10-23(24(13-20)34-2)35-15-17-5-6-19(27)12-22(17)28/h3-10,12-13,18,29H,11,14-15H2,1-2H3,(H,30,33)/t18-/m0/s1. The summed E-state index contributed by atoms with van der Waals surface area (Å²) in [4.78, 5) is 26.8. The van der Waals surface area contributed by atoms with Crippen LogP contribution in [0.15, 0.2) is 60.7 Å². The maximum atomic E-state index is 12.7. The van der Waals surface area contributed by atoms with Crippen LogP contribution in [-0.4, -0.2) is 25.5 Å². The van der Waals surface area contributed by atoms with E-state index in [1.165, 1.54) is 7.11 Å². The molecule has 1 fully saturated rings. The SMILES string of the molecule is COc1cc(NNC(=O)[C@H]2CC(=O)N(c3ccc(C)cc3)C2)ccc1OCc1ccc(Cl)cc1Cl. The molecule has 9 heteroatoms. The van der Waals surface area contributed by atoms with E-state index >= 15 is 0 Å². The van der Waals surface area contributed by atoms with Gasteiger partial charge in [-0.05, 0) is 43.3 Å². The van der Waals surface area contributed by atoms with Crippen molar-refractivity contribution in [3.05, 3.63) is 81.8 Å². The third kappa shape index (κ3) is 5.99. The molecule has 1 atom stereocenters. The number of nitrogens with zero attached hydrogens (tertiary/aromatic N) is 1. The average Bonchev–Trinajstić information content (AvgIpc) is 3.24. The van der Waals surface area contributed by atoms with Crippen molar-refractivity contribution < 1.29 is 19.1 Å². The van der Waals surface area contributed by atoms with Crippen molar-refractivity contribution >= 4 is 46.4 Å². The van der Waals surface area contributed by atoms with Crippen molar-refractivity contribution in [3.8, 4) is 11.5 Å². The molecule has 35 heavy (non-hydrogen) atoms. The Kier molecular flexibility index (Phi) is 7.68. The van der Waals surface area contributed by atoms with Crippen LogP contribution in [0.3, 0.4) is 0 Å². The lowest BCUT2D eigenvalue weighted by molar-refractivity contribution is -0.125. The van der Waals surface area contributed by atoms with Gasteiger partial charge in [0.15, 0.2) is 11.5 Å². The van der Waals surface area contributed by atoms with Gasteiger partial charge in [0, 0.05) is 40.3 Å². The molecule has 182 valence electrons. The normalized spacial score (nSPS) is 15.1. The Balaban J connectivity index is 1.34. The number of rotatable bonds is 8. The summed E-state index contributed by atoms with van der Waals surface area (Å²) in [7, 11) is 1.53. The second-order valence-electron chi connectivity index (χ2n) is 8.25. The zero-order valence-corrected chi connectivity index (χ0v) is 20.8. The van der Waals surface area contributed by atoms with Gasteiger partial charge in [0.2, 0.25) is 11.8 Å². The molecule has 1 heterocycles. The molecule has 1 saturated heterocycles. The van der Waals surface area contributed by atoms with Crippen LogP contribution in [-0.2, 0) is 16.2 Å². The molecule has 7 nitrogen and oxygen atoms in total. The first-order valence-electron chi connectivity index (χ1n) is 11.0. The van der Waals surface area contributed by atoms with Crippen molar-refractivity contribution in [1.29, 1.82) is 0 Å². The van der Waals surface area contributed by atoms with E-state index in [9.17, 15) is 9.59 Å². The van der Waals surface area contributed by atoms with Crippen LogP contribution >= 0.6 is 23.2 Å². The summed E-state index contributed by atoms with van der Waals surface area (Å²) < 4.78 is 11.3. The molecular formula is C26H25Cl2N3O4. The summed E-state index contributed by atoms with van der Waals surface area (Å²) in [5.41, 5.74) is 8.88. The van der Waals surface area contributed by atoms with E-state index < -0.39 is 5.92 Å². The first-order chi connectivity index (χ1) is 16.8. The fraction of sp³-hybridized carbons (Fsp3) is 0.231. The number of hydrazine groups is 1. The monoisotopic (exact) mass is 513 g/mol. The predicted molar refractivity (Wildman–Crippen MR) is 137 cm³/mol. The maximum absolute atomic E-state index is 12.7. The molecule has 0 aromatic heterocycles. The third-order valence-corrected chi connectivity index (χ3v) is 6.32. The van der Waals surface area contributed by atoms with Gasteiger partial charge in [-0.15, -0.1) is 0 Å². The van der Waals surface area contributed by atoms with Crippen LogP contribution in [0.1, 0.15) is 17.5 Å². The predicted octanol–water partition coefficient (Wildman–Crippen LogP) is 5.39. The van der Waals surface area contributed by atoms with Crippen LogP contribution in [0.4, 0.5) is 11.4 Å². The molecule has 3 aromatic carbocycles. The molecule has 0 spiro atoms. The van der Waals surface area contributed by atoms with E-state index in [0.29, 0.717) is 33.8 Å². The highest BCUT2D eigenvalue weighted by Crippen LogP contribution is 2.32. The zero-order chi connectivity index (χ0) is 24.9. The van der Waals surface area contributed by atoms with Crippen LogP contribution in [0, 0.1) is 12.8 Å². The summed E-state index contributed by atoms with van der Waals surface area (Å²) in [5.74, 6) is 0.217. The zero-order valence-electron chi connectivity index (χ0n) is 19.3. The molecule has 0 saturated carbocycles. The summed E-state index contributed by atoms with van der Waals surface area (Å²) in [6.45, 7) is 2.56. The van der Waals surface area contributed by atoms with E-state index in [0.717, 1.165) is 16.8 Å². The van der Waals surface area contributed by atoms with E-state index in [-0.39, 0.29) is 24.8 Å². The average molecular weight is 514 g/mol. The van der Waals surface area contributed by atoms with Crippen molar-refractivity contribution in [2.45, 2.75) is 20.0 Å². The molecule has 2 amide bonds. The lowest BCUT2D eigenvalue weighted by Gasteiger charge is -2.17. The fourth-order valence-electron chi connectivity index (χ4n) is 3.75. The Labute approximate surface area is 213 Å². The van der Waals surface area contributed by atoms with Crippen molar-refractivity contribution in [3.63, 3.8) is 0 Å². The van der Waals surface area contributed by atoms with Crippen molar-refractivity contribution in [2.24, 2.45) is 5.92 Å². The highest BCUT2D eigenvalue weighted by molar-refractivity contribution is 6.35. The topological polar surface area (TPSA) is 79.9 Å². The van der Waals surface area contributed by atoms with Crippen LogP contribution < -0.4 is 25.2 Å². The number of anilines is 2. The van der Waals surface area contributed by atoms with Crippen molar-refractivity contribution in [2.75, 3.05) is 24.0 Å². The van der Waals surface area contributed by atoms with E-state index in [1.54, 1.807) is 41.3 Å². The molecule has 0 aliphatic carbocycles. The number of aryl methyl sites for hydroxylation is 1. The summed E-state index contributed by atoms with van der Waals surface area (Å²) in [5, 5.41) is 1.07. The fourth-order valence-corrected chi connectivity index (χ4v) is 4.22. The summed E-state index contributed by atoms with van der Waals surface area (Å²) >= 11 is 12.1. The first kappa shape index (κ1) is 24.7.